The Balaban J connectivity index is 2.08. The maximum Gasteiger partial charge on any atom is 0.519 e. The van der Waals surface area contributed by atoms with Gasteiger partial charge in [0.25, 0.3) is 0 Å². The van der Waals surface area contributed by atoms with Gasteiger partial charge in [0.2, 0.25) is 0 Å². The lowest BCUT2D eigenvalue weighted by atomic mass is 10.3. The predicted molar refractivity (Wildman–Crippen MR) is 90.3 cm³/mol. The lowest BCUT2D eigenvalue weighted by Gasteiger charge is -2.07. The van der Waals surface area contributed by atoms with Crippen molar-refractivity contribution in [2.24, 2.45) is 0 Å². The highest BCUT2D eigenvalue weighted by Crippen LogP contribution is 2.27. The van der Waals surface area contributed by atoms with E-state index in [9.17, 15) is 4.79 Å². The topological polar surface area (TPSA) is 35.5 Å². The summed E-state index contributed by atoms with van der Waals surface area (Å²) in [5.41, 5.74) is 0. The summed E-state index contributed by atoms with van der Waals surface area (Å²) >= 11 is 13.3. The molecule has 2 aromatic carbocycles. The maximum absolute atomic E-state index is 11.7. The first-order valence-corrected chi connectivity index (χ1v) is 8.41. The number of hydrogen-bond acceptors (Lipinski definition) is 3. The predicted octanol–water partition coefficient (Wildman–Crippen LogP) is 6.31. The van der Waals surface area contributed by atoms with Crippen molar-refractivity contribution in [3.8, 4) is 11.5 Å². The average Bonchev–Trinajstić information content (AvgIpc) is 2.24. The summed E-state index contributed by atoms with van der Waals surface area (Å²) in [5, 5.41) is 0. The monoisotopic (exact) mass is 526 g/mol. The molecule has 0 aliphatic rings. The van der Waals surface area contributed by atoms with E-state index in [2.05, 4.69) is 63.7 Å². The molecule has 0 bridgehead atoms. The molecular weight excluding hydrogens is 524 g/mol. The van der Waals surface area contributed by atoms with Crippen LogP contribution in [0.5, 0.6) is 11.5 Å². The molecule has 7 heteroatoms. The summed E-state index contributed by atoms with van der Waals surface area (Å²) in [6.07, 6.45) is -0.806. The smallest absolute Gasteiger partial charge is 0.395 e. The molecule has 0 aliphatic carbocycles. The number of benzene rings is 2. The van der Waals surface area contributed by atoms with Crippen LogP contribution in [0, 0.1) is 0 Å². The Morgan fingerprint density at radius 3 is 1.25 bits per heavy atom. The zero-order valence-electron chi connectivity index (χ0n) is 9.70. The molecular formula is C13H6Br4O3. The van der Waals surface area contributed by atoms with Gasteiger partial charge in [0, 0.05) is 17.9 Å². The molecule has 0 aromatic heterocycles. The van der Waals surface area contributed by atoms with Crippen LogP contribution in [0.1, 0.15) is 0 Å². The first kappa shape index (κ1) is 16.0. The molecule has 3 nitrogen and oxygen atoms in total. The summed E-state index contributed by atoms with van der Waals surface area (Å²) in [5.74, 6) is 0.760. The summed E-state index contributed by atoms with van der Waals surface area (Å²) in [6.45, 7) is 0. The highest BCUT2D eigenvalue weighted by atomic mass is 79.9. The SMILES string of the molecule is O=C(Oc1cc(Br)cc(Br)c1)Oc1cc(Br)cc(Br)c1. The number of hydrogen-bond donors (Lipinski definition) is 0. The van der Waals surface area contributed by atoms with Crippen molar-refractivity contribution in [2.75, 3.05) is 0 Å². The number of carbonyl (C=O) groups is 1. The molecule has 0 unspecified atom stereocenters. The van der Waals surface area contributed by atoms with Crippen LogP contribution in [-0.4, -0.2) is 6.16 Å². The highest BCUT2D eigenvalue weighted by molar-refractivity contribution is 9.11. The van der Waals surface area contributed by atoms with Gasteiger partial charge in [0.15, 0.2) is 0 Å². The minimum atomic E-state index is -0.806. The first-order valence-electron chi connectivity index (χ1n) is 5.24. The van der Waals surface area contributed by atoms with E-state index in [0.717, 1.165) is 17.9 Å². The third-order valence-electron chi connectivity index (χ3n) is 2.07. The fourth-order valence-corrected chi connectivity index (χ4v) is 3.89. The standard InChI is InChI=1S/C13H6Br4O3/c14-7-1-8(15)4-11(3-7)19-13(18)20-12-5-9(16)2-10(17)6-12/h1-6H. The molecule has 0 atom stereocenters. The number of halogens is 4. The highest BCUT2D eigenvalue weighted by Gasteiger charge is 2.10. The maximum atomic E-state index is 11.7. The molecule has 104 valence electrons. The van der Waals surface area contributed by atoms with Crippen molar-refractivity contribution in [3.05, 3.63) is 54.3 Å². The fourth-order valence-electron chi connectivity index (χ4n) is 1.39. The van der Waals surface area contributed by atoms with Gasteiger partial charge in [-0.05, 0) is 36.4 Å². The van der Waals surface area contributed by atoms with E-state index in [-0.39, 0.29) is 0 Å². The fraction of sp³-hybridized carbons (Fsp3) is 0. The van der Waals surface area contributed by atoms with Crippen LogP contribution >= 0.6 is 63.7 Å². The Labute approximate surface area is 149 Å². The van der Waals surface area contributed by atoms with Gasteiger partial charge in [0.1, 0.15) is 11.5 Å². The molecule has 0 amide bonds. The van der Waals surface area contributed by atoms with Crippen LogP contribution in [0.3, 0.4) is 0 Å². The van der Waals surface area contributed by atoms with Crippen molar-refractivity contribution in [1.29, 1.82) is 0 Å². The van der Waals surface area contributed by atoms with Gasteiger partial charge in [0.05, 0.1) is 0 Å². The Hall–Kier alpha value is -0.370. The second kappa shape index (κ2) is 7.06. The summed E-state index contributed by atoms with van der Waals surface area (Å²) in [4.78, 5) is 11.7. The third-order valence-corrected chi connectivity index (χ3v) is 3.91. The molecule has 0 radical (unpaired) electrons. The van der Waals surface area contributed by atoms with Crippen LogP contribution in [0.2, 0.25) is 0 Å². The molecule has 0 saturated heterocycles. The number of carbonyl (C=O) groups excluding carboxylic acids is 1. The Bertz CT molecular complexity index is 562. The summed E-state index contributed by atoms with van der Waals surface area (Å²) in [7, 11) is 0. The van der Waals surface area contributed by atoms with Crippen molar-refractivity contribution >= 4 is 69.9 Å². The van der Waals surface area contributed by atoms with Crippen molar-refractivity contribution < 1.29 is 14.3 Å². The van der Waals surface area contributed by atoms with E-state index in [4.69, 9.17) is 9.47 Å². The van der Waals surface area contributed by atoms with Gasteiger partial charge in [-0.3, -0.25) is 0 Å². The molecule has 0 aliphatic heterocycles. The van der Waals surface area contributed by atoms with Crippen molar-refractivity contribution in [1.82, 2.24) is 0 Å². The van der Waals surface area contributed by atoms with Gasteiger partial charge in [-0.1, -0.05) is 63.7 Å². The van der Waals surface area contributed by atoms with Crippen LogP contribution in [0.15, 0.2) is 54.3 Å². The van der Waals surface area contributed by atoms with Gasteiger partial charge >= 0.3 is 6.16 Å². The molecule has 0 saturated carbocycles. The lowest BCUT2D eigenvalue weighted by Crippen LogP contribution is -2.13. The Kier molecular flexibility index (Phi) is 5.65. The van der Waals surface area contributed by atoms with E-state index in [1.54, 1.807) is 24.3 Å². The molecule has 0 fully saturated rings. The molecule has 20 heavy (non-hydrogen) atoms. The van der Waals surface area contributed by atoms with E-state index in [1.165, 1.54) is 0 Å². The summed E-state index contributed by atoms with van der Waals surface area (Å²) < 4.78 is 13.4. The molecule has 2 aromatic rings. The van der Waals surface area contributed by atoms with Gasteiger partial charge in [-0.15, -0.1) is 0 Å². The largest absolute Gasteiger partial charge is 0.519 e. The molecule has 0 N–H and O–H groups in total. The van der Waals surface area contributed by atoms with E-state index in [1.807, 2.05) is 12.1 Å². The lowest BCUT2D eigenvalue weighted by molar-refractivity contribution is 0.152. The van der Waals surface area contributed by atoms with Crippen molar-refractivity contribution in [3.63, 3.8) is 0 Å². The first-order chi connectivity index (χ1) is 9.42. The zero-order valence-corrected chi connectivity index (χ0v) is 16.0. The van der Waals surface area contributed by atoms with Crippen LogP contribution in [0.25, 0.3) is 0 Å². The van der Waals surface area contributed by atoms with Crippen molar-refractivity contribution in [2.45, 2.75) is 0 Å². The Morgan fingerprint density at radius 1 is 0.650 bits per heavy atom. The average molecular weight is 530 g/mol. The van der Waals surface area contributed by atoms with E-state index >= 15 is 0 Å². The van der Waals surface area contributed by atoms with Crippen LogP contribution in [-0.2, 0) is 0 Å². The van der Waals surface area contributed by atoms with Crippen LogP contribution in [0.4, 0.5) is 4.79 Å². The van der Waals surface area contributed by atoms with Gasteiger partial charge < -0.3 is 9.47 Å². The van der Waals surface area contributed by atoms with Gasteiger partial charge in [-0.2, -0.15) is 0 Å². The normalized spacial score (nSPS) is 10.2. The number of rotatable bonds is 2. The minimum Gasteiger partial charge on any atom is -0.395 e. The third kappa shape index (κ3) is 4.87. The van der Waals surface area contributed by atoms with Crippen LogP contribution < -0.4 is 9.47 Å². The molecule has 0 heterocycles. The zero-order chi connectivity index (χ0) is 14.7. The second-order valence-electron chi connectivity index (χ2n) is 3.66. The minimum absolute atomic E-state index is 0.380. The van der Waals surface area contributed by atoms with E-state index in [0.29, 0.717) is 11.5 Å². The second-order valence-corrected chi connectivity index (χ2v) is 7.33. The molecule has 0 spiro atoms. The number of ether oxygens (including phenoxy) is 2. The quantitative estimate of drug-likeness (QED) is 0.338. The molecule has 2 rings (SSSR count). The van der Waals surface area contributed by atoms with Gasteiger partial charge in [-0.25, -0.2) is 4.79 Å². The Morgan fingerprint density at radius 2 is 0.950 bits per heavy atom. The van der Waals surface area contributed by atoms with E-state index < -0.39 is 6.16 Å². The summed E-state index contributed by atoms with van der Waals surface area (Å²) in [6, 6.07) is 10.4.